The molecule has 1 amide bonds. The lowest BCUT2D eigenvalue weighted by atomic mass is 9.98. The van der Waals surface area contributed by atoms with Gasteiger partial charge in [-0.1, -0.05) is 41.9 Å². The first-order chi connectivity index (χ1) is 15.1. The fourth-order valence-electron chi connectivity index (χ4n) is 3.81. The van der Waals surface area contributed by atoms with Gasteiger partial charge in [0.25, 0.3) is 0 Å². The molecule has 3 heterocycles. The van der Waals surface area contributed by atoms with Crippen LogP contribution in [-0.4, -0.2) is 26.4 Å². The molecule has 0 saturated heterocycles. The highest BCUT2D eigenvalue weighted by atomic mass is 35.5. The summed E-state index contributed by atoms with van der Waals surface area (Å²) >= 11 is 6.04. The number of amides is 1. The van der Waals surface area contributed by atoms with E-state index in [2.05, 4.69) is 5.10 Å². The van der Waals surface area contributed by atoms with Crippen molar-refractivity contribution >= 4 is 23.2 Å². The van der Waals surface area contributed by atoms with Gasteiger partial charge in [0.2, 0.25) is 5.91 Å². The smallest absolute Gasteiger partial charge is 0.240 e. The quantitative estimate of drug-likeness (QED) is 0.430. The van der Waals surface area contributed by atoms with Gasteiger partial charge in [-0.05, 0) is 42.0 Å². The van der Waals surface area contributed by atoms with E-state index in [1.807, 2.05) is 77.6 Å². The second-order valence-electron chi connectivity index (χ2n) is 7.33. The Morgan fingerprint density at radius 1 is 1.06 bits per heavy atom. The SMILES string of the molecule is CC(=O)N1N=C(c2ccc(Cl)cc2)CC1c1cn(-c2ccccc2)nc1-c1ccco1. The van der Waals surface area contributed by atoms with E-state index in [-0.39, 0.29) is 11.9 Å². The highest BCUT2D eigenvalue weighted by Crippen LogP contribution is 2.38. The predicted molar refractivity (Wildman–Crippen MR) is 119 cm³/mol. The van der Waals surface area contributed by atoms with Gasteiger partial charge in [0.05, 0.1) is 23.7 Å². The van der Waals surface area contributed by atoms with Crippen LogP contribution in [0.4, 0.5) is 0 Å². The third-order valence-corrected chi connectivity index (χ3v) is 5.54. The van der Waals surface area contributed by atoms with Gasteiger partial charge >= 0.3 is 0 Å². The fourth-order valence-corrected chi connectivity index (χ4v) is 3.93. The minimum absolute atomic E-state index is 0.133. The summed E-state index contributed by atoms with van der Waals surface area (Å²) in [6.45, 7) is 1.52. The summed E-state index contributed by atoms with van der Waals surface area (Å²) in [6, 6.07) is 20.7. The molecule has 7 heteroatoms. The van der Waals surface area contributed by atoms with E-state index >= 15 is 0 Å². The standard InChI is InChI=1S/C24H19ClN4O2/c1-16(30)29-22(14-21(26-29)17-9-11-18(25)12-10-17)20-15-28(19-6-3-2-4-7-19)27-24(20)23-8-5-13-31-23/h2-13,15,22H,14H2,1H3. The number of carbonyl (C=O) groups is 1. The van der Waals surface area contributed by atoms with Crippen LogP contribution in [0.2, 0.25) is 5.02 Å². The number of hydrogen-bond acceptors (Lipinski definition) is 4. The van der Waals surface area contributed by atoms with Crippen molar-refractivity contribution in [2.45, 2.75) is 19.4 Å². The summed E-state index contributed by atoms with van der Waals surface area (Å²) in [5.41, 5.74) is 4.26. The Kier molecular flexibility index (Phi) is 4.92. The molecule has 6 nitrogen and oxygen atoms in total. The predicted octanol–water partition coefficient (Wildman–Crippen LogP) is 5.48. The molecular formula is C24H19ClN4O2. The van der Waals surface area contributed by atoms with Crippen molar-refractivity contribution in [2.75, 3.05) is 0 Å². The Balaban J connectivity index is 1.59. The lowest BCUT2D eigenvalue weighted by Crippen LogP contribution is -2.24. The second-order valence-corrected chi connectivity index (χ2v) is 7.76. The van der Waals surface area contributed by atoms with E-state index in [1.165, 1.54) is 11.9 Å². The Hall–Kier alpha value is -3.64. The number of furan rings is 1. The van der Waals surface area contributed by atoms with Crippen molar-refractivity contribution in [3.8, 4) is 17.1 Å². The number of halogens is 1. The van der Waals surface area contributed by atoms with Gasteiger partial charge in [-0.3, -0.25) is 4.79 Å². The van der Waals surface area contributed by atoms with Crippen LogP contribution in [0.15, 0.2) is 88.7 Å². The molecular weight excluding hydrogens is 412 g/mol. The van der Waals surface area contributed by atoms with E-state index in [0.717, 1.165) is 22.5 Å². The van der Waals surface area contributed by atoms with Crippen molar-refractivity contribution in [1.29, 1.82) is 0 Å². The number of hydrazone groups is 1. The zero-order valence-corrected chi connectivity index (χ0v) is 17.5. The van der Waals surface area contributed by atoms with Crippen molar-refractivity contribution in [3.63, 3.8) is 0 Å². The first kappa shape index (κ1) is 19.3. The van der Waals surface area contributed by atoms with E-state index < -0.39 is 0 Å². The van der Waals surface area contributed by atoms with E-state index in [1.54, 1.807) is 6.26 Å². The molecule has 0 aliphatic carbocycles. The molecule has 5 rings (SSSR count). The summed E-state index contributed by atoms with van der Waals surface area (Å²) in [5.74, 6) is 0.514. The van der Waals surface area contributed by atoms with Crippen LogP contribution in [-0.2, 0) is 4.79 Å². The van der Waals surface area contributed by atoms with Crippen LogP contribution in [0.25, 0.3) is 17.1 Å². The number of nitrogens with zero attached hydrogens (tertiary/aromatic N) is 4. The number of hydrogen-bond donors (Lipinski definition) is 0. The third kappa shape index (κ3) is 3.66. The lowest BCUT2D eigenvalue weighted by Gasteiger charge is -2.19. The molecule has 1 aliphatic heterocycles. The zero-order chi connectivity index (χ0) is 21.4. The first-order valence-electron chi connectivity index (χ1n) is 9.92. The molecule has 1 aliphatic rings. The largest absolute Gasteiger partial charge is 0.463 e. The molecule has 1 atom stereocenters. The normalized spacial score (nSPS) is 15.9. The minimum Gasteiger partial charge on any atom is -0.463 e. The Morgan fingerprint density at radius 2 is 1.84 bits per heavy atom. The summed E-state index contributed by atoms with van der Waals surface area (Å²) < 4.78 is 7.47. The second kappa shape index (κ2) is 7.89. The highest BCUT2D eigenvalue weighted by molar-refractivity contribution is 6.30. The lowest BCUT2D eigenvalue weighted by molar-refractivity contribution is -0.130. The van der Waals surface area contributed by atoms with Crippen molar-refractivity contribution in [1.82, 2.24) is 14.8 Å². The third-order valence-electron chi connectivity index (χ3n) is 5.29. The van der Waals surface area contributed by atoms with Gasteiger partial charge in [-0.2, -0.15) is 10.2 Å². The van der Waals surface area contributed by atoms with Gasteiger partial charge < -0.3 is 4.42 Å². The molecule has 4 aromatic rings. The maximum atomic E-state index is 12.5. The number of carbonyl (C=O) groups excluding carboxylic acids is 1. The van der Waals surface area contributed by atoms with Crippen molar-refractivity contribution in [2.24, 2.45) is 5.10 Å². The molecule has 0 fully saturated rings. The molecule has 0 N–H and O–H groups in total. The average molecular weight is 431 g/mol. The number of rotatable bonds is 4. The summed E-state index contributed by atoms with van der Waals surface area (Å²) in [7, 11) is 0. The van der Waals surface area contributed by atoms with Crippen LogP contribution in [0.5, 0.6) is 0 Å². The molecule has 31 heavy (non-hydrogen) atoms. The Bertz CT molecular complexity index is 1240. The number of aromatic nitrogens is 2. The van der Waals surface area contributed by atoms with Gasteiger partial charge in [0, 0.05) is 30.1 Å². The monoisotopic (exact) mass is 430 g/mol. The molecule has 2 aromatic carbocycles. The fraction of sp³-hybridized carbons (Fsp3) is 0.125. The van der Waals surface area contributed by atoms with Crippen LogP contribution >= 0.6 is 11.6 Å². The van der Waals surface area contributed by atoms with E-state index in [4.69, 9.17) is 21.1 Å². The van der Waals surface area contributed by atoms with Crippen molar-refractivity contribution in [3.05, 3.63) is 95.3 Å². The summed E-state index contributed by atoms with van der Waals surface area (Å²) in [5, 5.41) is 11.6. The van der Waals surface area contributed by atoms with Crippen LogP contribution in [0, 0.1) is 0 Å². The minimum atomic E-state index is -0.291. The van der Waals surface area contributed by atoms with Crippen LogP contribution in [0.3, 0.4) is 0 Å². The topological polar surface area (TPSA) is 63.6 Å². The van der Waals surface area contributed by atoms with E-state index in [0.29, 0.717) is 22.9 Å². The molecule has 2 aromatic heterocycles. The summed E-state index contributed by atoms with van der Waals surface area (Å²) in [6.07, 6.45) is 4.14. The van der Waals surface area contributed by atoms with Crippen LogP contribution in [0.1, 0.15) is 30.5 Å². The van der Waals surface area contributed by atoms with Gasteiger partial charge in [0.15, 0.2) is 5.76 Å². The zero-order valence-electron chi connectivity index (χ0n) is 16.8. The molecule has 154 valence electrons. The molecule has 0 bridgehead atoms. The Labute approximate surface area is 184 Å². The van der Waals surface area contributed by atoms with Crippen molar-refractivity contribution < 1.29 is 9.21 Å². The average Bonchev–Trinajstić information content (AvgIpc) is 3.53. The molecule has 0 radical (unpaired) electrons. The van der Waals surface area contributed by atoms with Gasteiger partial charge in [-0.25, -0.2) is 9.69 Å². The summed E-state index contributed by atoms with van der Waals surface area (Å²) in [4.78, 5) is 12.5. The Morgan fingerprint density at radius 3 is 2.52 bits per heavy atom. The van der Waals surface area contributed by atoms with Gasteiger partial charge in [0.1, 0.15) is 5.69 Å². The van der Waals surface area contributed by atoms with Gasteiger partial charge in [-0.15, -0.1) is 0 Å². The number of benzene rings is 2. The number of para-hydroxylation sites is 1. The maximum absolute atomic E-state index is 12.5. The molecule has 0 saturated carbocycles. The first-order valence-corrected chi connectivity index (χ1v) is 10.3. The molecule has 1 unspecified atom stereocenters. The maximum Gasteiger partial charge on any atom is 0.240 e. The highest BCUT2D eigenvalue weighted by Gasteiger charge is 2.35. The van der Waals surface area contributed by atoms with E-state index in [9.17, 15) is 4.79 Å². The van der Waals surface area contributed by atoms with Crippen LogP contribution < -0.4 is 0 Å². The molecule has 0 spiro atoms.